The minimum absolute atomic E-state index is 0.528. The van der Waals surface area contributed by atoms with Crippen molar-refractivity contribution in [1.29, 1.82) is 0 Å². The van der Waals surface area contributed by atoms with Gasteiger partial charge in [0.05, 0.1) is 0 Å². The van der Waals surface area contributed by atoms with E-state index >= 15 is 0 Å². The van der Waals surface area contributed by atoms with Crippen molar-refractivity contribution in [2.24, 2.45) is 7.05 Å². The standard InChI is InChI=1S/C9H11NO/c1-3-9(11)7-8-5-4-6-10(8)2/h1,4-6,9,11H,7H2,2H3. The number of aryl methyl sites for hydroxylation is 1. The van der Waals surface area contributed by atoms with Gasteiger partial charge in [0.15, 0.2) is 0 Å². The fourth-order valence-electron chi connectivity index (χ4n) is 0.966. The summed E-state index contributed by atoms with van der Waals surface area (Å²) in [4.78, 5) is 0. The first-order chi connectivity index (χ1) is 5.24. The van der Waals surface area contributed by atoms with Crippen LogP contribution >= 0.6 is 0 Å². The molecule has 0 radical (unpaired) electrons. The second kappa shape index (κ2) is 3.27. The van der Waals surface area contributed by atoms with E-state index < -0.39 is 6.10 Å². The zero-order valence-electron chi connectivity index (χ0n) is 6.49. The third kappa shape index (κ3) is 1.86. The molecule has 58 valence electrons. The van der Waals surface area contributed by atoms with Gasteiger partial charge in [0.1, 0.15) is 6.10 Å². The lowest BCUT2D eigenvalue weighted by Crippen LogP contribution is -2.09. The molecular formula is C9H11NO. The SMILES string of the molecule is C#CC(O)Cc1cccn1C. The maximum absolute atomic E-state index is 9.10. The van der Waals surface area contributed by atoms with Gasteiger partial charge in [0.25, 0.3) is 0 Å². The molecule has 0 aliphatic heterocycles. The van der Waals surface area contributed by atoms with Crippen LogP contribution < -0.4 is 0 Å². The maximum atomic E-state index is 9.10. The topological polar surface area (TPSA) is 25.2 Å². The van der Waals surface area contributed by atoms with Crippen molar-refractivity contribution in [3.8, 4) is 12.3 Å². The molecule has 1 heterocycles. The molecule has 0 spiro atoms. The normalized spacial score (nSPS) is 12.5. The van der Waals surface area contributed by atoms with Gasteiger partial charge in [-0.3, -0.25) is 0 Å². The molecule has 1 rings (SSSR count). The Morgan fingerprint density at radius 2 is 2.55 bits per heavy atom. The highest BCUT2D eigenvalue weighted by Crippen LogP contribution is 2.02. The Morgan fingerprint density at radius 3 is 3.00 bits per heavy atom. The van der Waals surface area contributed by atoms with E-state index in [1.807, 2.05) is 29.9 Å². The summed E-state index contributed by atoms with van der Waals surface area (Å²) >= 11 is 0. The van der Waals surface area contributed by atoms with Gasteiger partial charge in [-0.05, 0) is 12.1 Å². The average molecular weight is 149 g/mol. The molecule has 0 aliphatic rings. The summed E-state index contributed by atoms with van der Waals surface area (Å²) in [6.45, 7) is 0. The van der Waals surface area contributed by atoms with Crippen LogP contribution in [-0.2, 0) is 13.5 Å². The largest absolute Gasteiger partial charge is 0.380 e. The monoisotopic (exact) mass is 149 g/mol. The van der Waals surface area contributed by atoms with Crippen molar-refractivity contribution in [2.45, 2.75) is 12.5 Å². The molecule has 11 heavy (non-hydrogen) atoms. The molecule has 0 fully saturated rings. The van der Waals surface area contributed by atoms with Gasteiger partial charge >= 0.3 is 0 Å². The first-order valence-corrected chi connectivity index (χ1v) is 3.48. The van der Waals surface area contributed by atoms with Gasteiger partial charge in [-0.15, -0.1) is 6.42 Å². The van der Waals surface area contributed by atoms with E-state index in [2.05, 4.69) is 5.92 Å². The molecule has 1 atom stereocenters. The Hall–Kier alpha value is -1.20. The predicted molar refractivity (Wildman–Crippen MR) is 44.0 cm³/mol. The van der Waals surface area contributed by atoms with Crippen LogP contribution in [0.3, 0.4) is 0 Å². The summed E-state index contributed by atoms with van der Waals surface area (Å²) in [5, 5.41) is 9.10. The first kappa shape index (κ1) is 7.90. The number of aliphatic hydroxyl groups excluding tert-OH is 1. The zero-order valence-corrected chi connectivity index (χ0v) is 6.49. The van der Waals surface area contributed by atoms with Crippen molar-refractivity contribution in [3.05, 3.63) is 24.0 Å². The second-order valence-corrected chi connectivity index (χ2v) is 2.50. The van der Waals surface area contributed by atoms with Gasteiger partial charge in [0.2, 0.25) is 0 Å². The molecule has 1 unspecified atom stereocenters. The highest BCUT2D eigenvalue weighted by atomic mass is 16.3. The Labute approximate surface area is 66.5 Å². The van der Waals surface area contributed by atoms with E-state index in [1.54, 1.807) is 0 Å². The summed E-state index contributed by atoms with van der Waals surface area (Å²) in [7, 11) is 1.93. The van der Waals surface area contributed by atoms with Crippen LogP contribution in [-0.4, -0.2) is 15.8 Å². The van der Waals surface area contributed by atoms with Crippen molar-refractivity contribution in [2.75, 3.05) is 0 Å². The van der Waals surface area contributed by atoms with Crippen molar-refractivity contribution >= 4 is 0 Å². The van der Waals surface area contributed by atoms with Gasteiger partial charge in [-0.25, -0.2) is 0 Å². The maximum Gasteiger partial charge on any atom is 0.119 e. The summed E-state index contributed by atoms with van der Waals surface area (Å²) in [5.74, 6) is 2.27. The van der Waals surface area contributed by atoms with Crippen LogP contribution in [0.1, 0.15) is 5.69 Å². The molecule has 0 bridgehead atoms. The van der Waals surface area contributed by atoms with E-state index in [9.17, 15) is 0 Å². The molecule has 0 aromatic carbocycles. The van der Waals surface area contributed by atoms with Gasteiger partial charge in [-0.1, -0.05) is 5.92 Å². The molecular weight excluding hydrogens is 138 g/mol. The molecule has 2 heteroatoms. The van der Waals surface area contributed by atoms with Gasteiger partial charge in [-0.2, -0.15) is 0 Å². The second-order valence-electron chi connectivity index (χ2n) is 2.50. The van der Waals surface area contributed by atoms with E-state index in [1.165, 1.54) is 0 Å². The van der Waals surface area contributed by atoms with Crippen molar-refractivity contribution in [1.82, 2.24) is 4.57 Å². The Kier molecular flexibility index (Phi) is 2.35. The molecule has 0 saturated heterocycles. The van der Waals surface area contributed by atoms with Gasteiger partial charge in [0, 0.05) is 25.4 Å². The molecule has 0 aliphatic carbocycles. The summed E-state index contributed by atoms with van der Waals surface area (Å²) < 4.78 is 1.94. The molecule has 0 amide bonds. The van der Waals surface area contributed by atoms with E-state index in [0.717, 1.165) is 5.69 Å². The lowest BCUT2D eigenvalue weighted by molar-refractivity contribution is 0.231. The lowest BCUT2D eigenvalue weighted by Gasteiger charge is -2.03. The minimum Gasteiger partial charge on any atom is -0.380 e. The number of terminal acetylenes is 1. The van der Waals surface area contributed by atoms with Crippen LogP contribution in [0, 0.1) is 12.3 Å². The van der Waals surface area contributed by atoms with Crippen molar-refractivity contribution in [3.63, 3.8) is 0 Å². The van der Waals surface area contributed by atoms with Crippen LogP contribution in [0.25, 0.3) is 0 Å². The number of aliphatic hydroxyl groups is 1. The zero-order chi connectivity index (χ0) is 8.27. The Bertz CT molecular complexity index is 269. The summed E-state index contributed by atoms with van der Waals surface area (Å²) in [6.07, 6.45) is 6.82. The molecule has 0 saturated carbocycles. The Balaban J connectivity index is 2.66. The number of aromatic nitrogens is 1. The number of hydrogen-bond acceptors (Lipinski definition) is 1. The van der Waals surface area contributed by atoms with Gasteiger partial charge < -0.3 is 9.67 Å². The minimum atomic E-state index is -0.663. The average Bonchev–Trinajstić information content (AvgIpc) is 2.37. The van der Waals surface area contributed by atoms with E-state index in [0.29, 0.717) is 6.42 Å². The smallest absolute Gasteiger partial charge is 0.119 e. The fraction of sp³-hybridized carbons (Fsp3) is 0.333. The van der Waals surface area contributed by atoms with Crippen LogP contribution in [0.2, 0.25) is 0 Å². The molecule has 2 nitrogen and oxygen atoms in total. The van der Waals surface area contributed by atoms with Crippen LogP contribution in [0.5, 0.6) is 0 Å². The highest BCUT2D eigenvalue weighted by Gasteiger charge is 2.02. The summed E-state index contributed by atoms with van der Waals surface area (Å²) in [5.41, 5.74) is 1.05. The quantitative estimate of drug-likeness (QED) is 0.611. The first-order valence-electron chi connectivity index (χ1n) is 3.48. The van der Waals surface area contributed by atoms with Crippen LogP contribution in [0.4, 0.5) is 0 Å². The van der Waals surface area contributed by atoms with Crippen LogP contribution in [0.15, 0.2) is 18.3 Å². The number of rotatable bonds is 2. The van der Waals surface area contributed by atoms with Crippen molar-refractivity contribution < 1.29 is 5.11 Å². The molecule has 1 N–H and O–H groups in total. The third-order valence-corrected chi connectivity index (χ3v) is 1.65. The number of hydrogen-bond donors (Lipinski definition) is 1. The highest BCUT2D eigenvalue weighted by molar-refractivity contribution is 5.11. The fourth-order valence-corrected chi connectivity index (χ4v) is 0.966. The number of nitrogens with zero attached hydrogens (tertiary/aromatic N) is 1. The lowest BCUT2D eigenvalue weighted by atomic mass is 10.2. The predicted octanol–water partition coefficient (Wildman–Crippen LogP) is 0.562. The molecule has 1 aromatic heterocycles. The van der Waals surface area contributed by atoms with E-state index in [-0.39, 0.29) is 0 Å². The Morgan fingerprint density at radius 1 is 1.82 bits per heavy atom. The molecule has 1 aromatic rings. The third-order valence-electron chi connectivity index (χ3n) is 1.65. The summed E-state index contributed by atoms with van der Waals surface area (Å²) in [6, 6.07) is 3.87. The van der Waals surface area contributed by atoms with E-state index in [4.69, 9.17) is 11.5 Å².